The molecule has 7 heteroatoms. The van der Waals surface area contributed by atoms with E-state index in [2.05, 4.69) is 12.2 Å². The van der Waals surface area contributed by atoms with Gasteiger partial charge in [0.2, 0.25) is 0 Å². The van der Waals surface area contributed by atoms with Crippen LogP contribution in [-0.2, 0) is 6.30 Å². The summed E-state index contributed by atoms with van der Waals surface area (Å²) in [6.45, 7) is 0. The van der Waals surface area contributed by atoms with Crippen LogP contribution < -0.4 is 0 Å². The maximum Gasteiger partial charge on any atom is 0.502 e. The van der Waals surface area contributed by atoms with Crippen molar-refractivity contribution in [2.24, 2.45) is 0 Å². The average molecular weight is 186 g/mol. The molecule has 0 spiro atoms. The number of aromatic amines is 1. The lowest BCUT2D eigenvalue weighted by Crippen LogP contribution is -2.16. The van der Waals surface area contributed by atoms with E-state index in [0.717, 1.165) is 0 Å². The molecule has 62 valence electrons. The normalized spacial score (nSPS) is 12.0. The van der Waals surface area contributed by atoms with Crippen LogP contribution in [0.15, 0.2) is 6.20 Å². The Hall–Kier alpha value is -0.850. The molecule has 0 aliphatic carbocycles. The second-order valence-corrected chi connectivity index (χ2v) is 2.16. The number of alkyl halides is 3. The molecule has 0 aliphatic heterocycles. The molecule has 1 N–H and O–H groups in total. The van der Waals surface area contributed by atoms with Gasteiger partial charge in [-0.05, 0) is 0 Å². The van der Waals surface area contributed by atoms with Crippen LogP contribution in [0, 0.1) is 10.5 Å². The van der Waals surface area contributed by atoms with E-state index in [1.165, 1.54) is 0 Å². The van der Waals surface area contributed by atoms with Gasteiger partial charge in [-0.15, -0.1) is 13.2 Å². The summed E-state index contributed by atoms with van der Waals surface area (Å²) in [4.78, 5) is 0. The first-order valence-corrected chi connectivity index (χ1v) is 2.86. The molecule has 1 aromatic heterocycles. The van der Waals surface area contributed by atoms with Gasteiger partial charge >= 0.3 is 6.30 Å². The minimum absolute atomic E-state index is 0.252. The Morgan fingerprint density at radius 2 is 2.00 bits per heavy atom. The first-order chi connectivity index (χ1) is 4.91. The van der Waals surface area contributed by atoms with Gasteiger partial charge in [-0.3, -0.25) is 5.10 Å². The summed E-state index contributed by atoms with van der Waals surface area (Å²) in [5.74, 6) is -1.09. The van der Waals surface area contributed by atoms with Crippen molar-refractivity contribution in [3.8, 4) is 0 Å². The molecule has 0 bridgehead atoms. The number of hydrogen-bond acceptors (Lipinski definition) is 1. The summed E-state index contributed by atoms with van der Waals surface area (Å²) in [5, 5.41) is 1.62. The van der Waals surface area contributed by atoms with E-state index in [0.29, 0.717) is 0 Å². The zero-order valence-corrected chi connectivity index (χ0v) is 5.76. The van der Waals surface area contributed by atoms with Crippen LogP contribution in [0.1, 0.15) is 0 Å². The van der Waals surface area contributed by atoms with Crippen molar-refractivity contribution in [3.05, 3.63) is 16.7 Å². The van der Waals surface area contributed by atoms with Crippen molar-refractivity contribution < 1.29 is 17.6 Å². The smallest absolute Gasteiger partial charge is 0.279 e. The van der Waals surface area contributed by atoms with Gasteiger partial charge in [0.05, 0.1) is 6.20 Å². The predicted molar refractivity (Wildman–Crippen MR) is 30.9 cm³/mol. The van der Waals surface area contributed by atoms with E-state index < -0.39 is 16.8 Å². The molecule has 0 saturated heterocycles. The van der Waals surface area contributed by atoms with Gasteiger partial charge in [-0.2, -0.15) is 4.68 Å². The highest BCUT2D eigenvalue weighted by Gasteiger charge is 2.31. The second kappa shape index (κ2) is 2.33. The van der Waals surface area contributed by atoms with Crippen molar-refractivity contribution >= 4 is 12.2 Å². The lowest BCUT2D eigenvalue weighted by Gasteiger charge is -2.04. The zero-order valence-electron chi connectivity index (χ0n) is 4.94. The lowest BCUT2D eigenvalue weighted by atomic mass is 10.7. The Labute approximate surface area is 63.4 Å². The average Bonchev–Trinajstić information content (AvgIpc) is 2.11. The van der Waals surface area contributed by atoms with E-state index in [1.54, 1.807) is 5.10 Å². The van der Waals surface area contributed by atoms with E-state index in [4.69, 9.17) is 0 Å². The van der Waals surface area contributed by atoms with E-state index >= 15 is 0 Å². The molecule has 0 unspecified atom stereocenters. The van der Waals surface area contributed by atoms with Crippen LogP contribution in [0.4, 0.5) is 17.6 Å². The van der Waals surface area contributed by atoms with Gasteiger partial charge in [-0.25, -0.2) is 4.39 Å². The fourth-order valence-corrected chi connectivity index (χ4v) is 0.655. The molecule has 2 nitrogen and oxygen atoms in total. The number of H-pyrrole nitrogens is 1. The van der Waals surface area contributed by atoms with Gasteiger partial charge in [-0.1, -0.05) is 12.2 Å². The van der Waals surface area contributed by atoms with Gasteiger partial charge in [0.15, 0.2) is 10.5 Å². The number of rotatable bonds is 0. The van der Waals surface area contributed by atoms with Crippen LogP contribution in [-0.4, -0.2) is 9.78 Å². The summed E-state index contributed by atoms with van der Waals surface area (Å²) in [5.41, 5.74) is 0. The Balaban J connectivity index is 3.18. The maximum absolute atomic E-state index is 12.2. The Morgan fingerprint density at radius 1 is 1.45 bits per heavy atom. The highest BCUT2D eigenvalue weighted by molar-refractivity contribution is 7.71. The van der Waals surface area contributed by atoms with Crippen molar-refractivity contribution in [2.75, 3.05) is 0 Å². The topological polar surface area (TPSA) is 20.7 Å². The quantitative estimate of drug-likeness (QED) is 0.486. The molecule has 1 heterocycles. The number of nitrogens with one attached hydrogen (secondary N) is 1. The molecular formula is C4H2F4N2S. The summed E-state index contributed by atoms with van der Waals surface area (Å²) in [6, 6.07) is 0. The summed E-state index contributed by atoms with van der Waals surface area (Å²) >= 11 is 4.19. The van der Waals surface area contributed by atoms with Gasteiger partial charge in [0.1, 0.15) is 0 Å². The van der Waals surface area contributed by atoms with Crippen molar-refractivity contribution in [2.45, 2.75) is 6.30 Å². The molecule has 0 radical (unpaired) electrons. The Morgan fingerprint density at radius 3 is 2.18 bits per heavy atom. The fourth-order valence-electron chi connectivity index (χ4n) is 0.504. The molecule has 11 heavy (non-hydrogen) atoms. The third-order valence-electron chi connectivity index (χ3n) is 0.955. The molecule has 0 fully saturated rings. The molecular weight excluding hydrogens is 184 g/mol. The summed E-state index contributed by atoms with van der Waals surface area (Å²) < 4.78 is 46.4. The zero-order chi connectivity index (χ0) is 8.65. The van der Waals surface area contributed by atoms with Crippen LogP contribution >= 0.6 is 12.2 Å². The third-order valence-corrected chi connectivity index (χ3v) is 1.24. The summed E-state index contributed by atoms with van der Waals surface area (Å²) in [6.07, 6.45) is -4.39. The molecule has 0 amide bonds. The van der Waals surface area contributed by atoms with Crippen molar-refractivity contribution in [3.63, 3.8) is 0 Å². The number of aromatic nitrogens is 2. The second-order valence-electron chi connectivity index (χ2n) is 1.76. The largest absolute Gasteiger partial charge is 0.502 e. The minimum atomic E-state index is -4.64. The monoisotopic (exact) mass is 186 g/mol. The van der Waals surface area contributed by atoms with E-state index in [1.807, 2.05) is 0 Å². The molecule has 0 atom stereocenters. The number of hydrogen-bond donors (Lipinski definition) is 1. The lowest BCUT2D eigenvalue weighted by molar-refractivity contribution is -0.212. The van der Waals surface area contributed by atoms with Crippen LogP contribution in [0.5, 0.6) is 0 Å². The van der Waals surface area contributed by atoms with Crippen molar-refractivity contribution in [1.82, 2.24) is 9.78 Å². The maximum atomic E-state index is 12.2. The highest BCUT2D eigenvalue weighted by Crippen LogP contribution is 2.21. The first-order valence-electron chi connectivity index (χ1n) is 2.45. The van der Waals surface area contributed by atoms with Crippen molar-refractivity contribution in [1.29, 1.82) is 0 Å². The standard InChI is InChI=1S/C4H2F4N2S/c5-2-1-10(4(6,7)8)9-3(2)11/h1H,(H,9,11). The molecule has 0 aromatic carbocycles. The van der Waals surface area contributed by atoms with E-state index in [9.17, 15) is 17.6 Å². The van der Waals surface area contributed by atoms with Gasteiger partial charge in [0.25, 0.3) is 0 Å². The molecule has 1 aromatic rings. The SMILES string of the molecule is Fc1cn(C(F)(F)F)[nH]c1=S. The molecule has 0 aliphatic rings. The van der Waals surface area contributed by atoms with Crippen LogP contribution in [0.3, 0.4) is 0 Å². The van der Waals surface area contributed by atoms with Crippen LogP contribution in [0.2, 0.25) is 0 Å². The predicted octanol–water partition coefficient (Wildman–Crippen LogP) is 2.16. The fraction of sp³-hybridized carbons (Fsp3) is 0.250. The molecule has 1 rings (SSSR count). The third kappa shape index (κ3) is 1.59. The minimum Gasteiger partial charge on any atom is -0.279 e. The van der Waals surface area contributed by atoms with Gasteiger partial charge in [0, 0.05) is 0 Å². The van der Waals surface area contributed by atoms with Crippen LogP contribution in [0.25, 0.3) is 0 Å². The highest BCUT2D eigenvalue weighted by atomic mass is 32.1. The number of nitrogens with zero attached hydrogens (tertiary/aromatic N) is 1. The van der Waals surface area contributed by atoms with Gasteiger partial charge < -0.3 is 0 Å². The summed E-state index contributed by atoms with van der Waals surface area (Å²) in [7, 11) is 0. The molecule has 0 saturated carbocycles. The Bertz CT molecular complexity index is 309. The first kappa shape index (κ1) is 8.25. The number of halogens is 4. The van der Waals surface area contributed by atoms with E-state index in [-0.39, 0.29) is 10.9 Å². The Kier molecular flexibility index (Phi) is 1.75.